The lowest BCUT2D eigenvalue weighted by atomic mass is 9.52. The molecule has 1 saturated carbocycles. The molecule has 6 heteroatoms. The first-order valence-electron chi connectivity index (χ1n) is 12.5. The average Bonchev–Trinajstić information content (AvgIpc) is 2.87. The van der Waals surface area contributed by atoms with Gasteiger partial charge in [-0.1, -0.05) is 50.6 Å². The van der Waals surface area contributed by atoms with Crippen LogP contribution in [0.3, 0.4) is 0 Å². The van der Waals surface area contributed by atoms with E-state index in [0.29, 0.717) is 17.2 Å². The molecule has 2 aliphatic carbocycles. The largest absolute Gasteiger partial charge is 0.497 e. The van der Waals surface area contributed by atoms with Gasteiger partial charge in [-0.05, 0) is 72.4 Å². The van der Waals surface area contributed by atoms with Crippen molar-refractivity contribution in [2.75, 3.05) is 27.0 Å². The Labute approximate surface area is 210 Å². The number of nitrogens with zero attached hydrogens (tertiary/aromatic N) is 1. The molecule has 0 heterocycles. The van der Waals surface area contributed by atoms with Gasteiger partial charge in [0.05, 0.1) is 35.3 Å². The van der Waals surface area contributed by atoms with Crippen molar-refractivity contribution in [3.8, 4) is 11.5 Å². The molecule has 0 radical (unpaired) electrons. The number of aliphatic hydroxyl groups is 1. The predicted octanol–water partition coefficient (Wildman–Crippen LogP) is 5.76. The molecule has 0 aliphatic heterocycles. The van der Waals surface area contributed by atoms with Crippen LogP contribution in [0.1, 0.15) is 38.7 Å². The molecule has 2 aromatic carbocycles. The summed E-state index contributed by atoms with van der Waals surface area (Å²) in [6, 6.07) is 15.3. The molecule has 0 bridgehead atoms. The van der Waals surface area contributed by atoms with Gasteiger partial charge in [-0.15, -0.1) is 0 Å². The molecule has 6 atom stereocenters. The van der Waals surface area contributed by atoms with E-state index in [4.69, 9.17) is 9.47 Å². The van der Waals surface area contributed by atoms with Gasteiger partial charge in [0.25, 0.3) is 0 Å². The minimum Gasteiger partial charge on any atom is -0.497 e. The van der Waals surface area contributed by atoms with Crippen LogP contribution in [0.25, 0.3) is 0 Å². The normalized spacial score (nSPS) is 31.8. The van der Waals surface area contributed by atoms with Crippen LogP contribution < -0.4 is 9.47 Å². The Kier molecular flexibility index (Phi) is 7.35. The number of benzene rings is 2. The van der Waals surface area contributed by atoms with Crippen molar-refractivity contribution in [2.24, 2.45) is 27.5 Å². The van der Waals surface area contributed by atoms with Gasteiger partial charge in [0, 0.05) is 17.9 Å². The van der Waals surface area contributed by atoms with E-state index in [0.717, 1.165) is 36.3 Å². The highest BCUT2D eigenvalue weighted by Crippen LogP contribution is 2.56. The molecule has 35 heavy (non-hydrogen) atoms. The summed E-state index contributed by atoms with van der Waals surface area (Å²) in [5.74, 6) is 2.30. The molecule has 0 aromatic heterocycles. The molecule has 190 valence electrons. The molecule has 4 rings (SSSR count). The Morgan fingerprint density at radius 3 is 2.51 bits per heavy atom. The SMILES string of the molecule is CN=S(=O)(C[C@]1(O)CCC[C@@H]2[C@@H]1C=C[C@@H](C)[C@@]2(C)Cc1cc(OC)ccc1OC)c1ccccc1. The highest BCUT2D eigenvalue weighted by molar-refractivity contribution is 7.93. The number of methoxy groups -OCH3 is 2. The summed E-state index contributed by atoms with van der Waals surface area (Å²) < 4.78 is 29.5. The Hall–Kier alpha value is -2.31. The standard InChI is InChI=1S/C29H39NO4S/c1-21-13-15-26-25(28(21,2)19-22-18-23(33-4)14-16-27(22)34-5)12-9-17-29(26,31)20-35(32,30-3)24-10-7-6-8-11-24/h6-8,10-11,13-16,18,21,25-26,31H,9,12,17,19-20H2,1-5H3/t21-,25-,26+,28-,29-,35?/m1/s1. The summed E-state index contributed by atoms with van der Waals surface area (Å²) in [4.78, 5) is 0.690. The zero-order valence-electron chi connectivity index (χ0n) is 21.6. The molecule has 2 aliphatic rings. The van der Waals surface area contributed by atoms with Crippen LogP contribution in [0.15, 0.2) is 69.9 Å². The third-order valence-corrected chi connectivity index (χ3v) is 11.1. The van der Waals surface area contributed by atoms with Gasteiger partial charge in [-0.25, -0.2) is 8.57 Å². The minimum absolute atomic E-state index is 0.0830. The van der Waals surface area contributed by atoms with Crippen LogP contribution in [0.4, 0.5) is 0 Å². The van der Waals surface area contributed by atoms with Gasteiger partial charge < -0.3 is 14.6 Å². The third-order valence-electron chi connectivity index (χ3n) is 8.58. The Morgan fingerprint density at radius 2 is 1.86 bits per heavy atom. The van der Waals surface area contributed by atoms with Crippen LogP contribution in [-0.2, 0) is 16.1 Å². The van der Waals surface area contributed by atoms with Crippen molar-refractivity contribution >= 4 is 9.73 Å². The van der Waals surface area contributed by atoms with Crippen LogP contribution >= 0.6 is 0 Å². The van der Waals surface area contributed by atoms with Gasteiger partial charge in [0.1, 0.15) is 11.5 Å². The first-order valence-corrected chi connectivity index (χ1v) is 14.2. The number of allylic oxidation sites excluding steroid dienone is 1. The molecule has 0 spiro atoms. The van der Waals surface area contributed by atoms with Crippen molar-refractivity contribution in [3.05, 3.63) is 66.2 Å². The van der Waals surface area contributed by atoms with Crippen LogP contribution in [0, 0.1) is 23.2 Å². The number of hydrogen-bond donors (Lipinski definition) is 1. The molecular weight excluding hydrogens is 458 g/mol. The highest BCUT2D eigenvalue weighted by atomic mass is 32.2. The second-order valence-corrected chi connectivity index (χ2v) is 12.8. The molecule has 5 nitrogen and oxygen atoms in total. The number of rotatable bonds is 7. The Balaban J connectivity index is 1.71. The zero-order valence-corrected chi connectivity index (χ0v) is 22.4. The van der Waals surface area contributed by atoms with E-state index in [1.165, 1.54) is 0 Å². The van der Waals surface area contributed by atoms with Gasteiger partial charge in [-0.3, -0.25) is 0 Å². The lowest BCUT2D eigenvalue weighted by Gasteiger charge is -2.55. The van der Waals surface area contributed by atoms with E-state index in [9.17, 15) is 9.32 Å². The van der Waals surface area contributed by atoms with Gasteiger partial charge in [0.15, 0.2) is 0 Å². The minimum atomic E-state index is -2.74. The van der Waals surface area contributed by atoms with Gasteiger partial charge in [-0.2, -0.15) is 0 Å². The van der Waals surface area contributed by atoms with E-state index >= 15 is 0 Å². The van der Waals surface area contributed by atoms with Crippen LogP contribution in [0.5, 0.6) is 11.5 Å². The fourth-order valence-electron chi connectivity index (χ4n) is 6.36. The number of fused-ring (bicyclic) bond motifs is 1. The Morgan fingerprint density at radius 1 is 1.11 bits per heavy atom. The molecule has 1 fully saturated rings. The van der Waals surface area contributed by atoms with E-state index in [2.05, 4.69) is 36.4 Å². The Bertz CT molecular complexity index is 1190. The fraction of sp³-hybridized carbons (Fsp3) is 0.517. The van der Waals surface area contributed by atoms with Gasteiger partial charge >= 0.3 is 0 Å². The second-order valence-electron chi connectivity index (χ2n) is 10.4. The quantitative estimate of drug-likeness (QED) is 0.494. The van der Waals surface area contributed by atoms with E-state index < -0.39 is 15.3 Å². The maximum Gasteiger partial charge on any atom is 0.122 e. The van der Waals surface area contributed by atoms with E-state index in [-0.39, 0.29) is 23.0 Å². The smallest absolute Gasteiger partial charge is 0.122 e. The lowest BCUT2D eigenvalue weighted by Crippen LogP contribution is -2.55. The highest BCUT2D eigenvalue weighted by Gasteiger charge is 2.54. The van der Waals surface area contributed by atoms with E-state index in [1.807, 2.05) is 42.5 Å². The van der Waals surface area contributed by atoms with Crippen molar-refractivity contribution in [1.82, 2.24) is 0 Å². The van der Waals surface area contributed by atoms with E-state index in [1.54, 1.807) is 21.3 Å². The van der Waals surface area contributed by atoms with Crippen molar-refractivity contribution in [2.45, 2.75) is 50.0 Å². The van der Waals surface area contributed by atoms with Crippen molar-refractivity contribution < 1.29 is 18.8 Å². The monoisotopic (exact) mass is 497 g/mol. The summed E-state index contributed by atoms with van der Waals surface area (Å²) in [5.41, 5.74) is -0.0723. The summed E-state index contributed by atoms with van der Waals surface area (Å²) in [5, 5.41) is 12.1. The second kappa shape index (κ2) is 9.98. The first-order chi connectivity index (χ1) is 16.7. The summed E-state index contributed by atoms with van der Waals surface area (Å²) in [6.07, 6.45) is 7.81. The zero-order chi connectivity index (χ0) is 25.3. The molecule has 2 aromatic rings. The third kappa shape index (κ3) is 4.75. The molecular formula is C29H39NO4S. The lowest BCUT2D eigenvalue weighted by molar-refractivity contribution is -0.0829. The topological polar surface area (TPSA) is 68.1 Å². The van der Waals surface area contributed by atoms with Crippen molar-refractivity contribution in [1.29, 1.82) is 0 Å². The maximum atomic E-state index is 14.0. The van der Waals surface area contributed by atoms with Gasteiger partial charge in [0.2, 0.25) is 0 Å². The number of hydrogen-bond acceptors (Lipinski definition) is 5. The molecule has 0 amide bonds. The summed E-state index contributed by atoms with van der Waals surface area (Å²) in [6.45, 7) is 4.60. The number of ether oxygens (including phenoxy) is 2. The molecule has 1 N–H and O–H groups in total. The van der Waals surface area contributed by atoms with Crippen LogP contribution in [0.2, 0.25) is 0 Å². The average molecular weight is 498 g/mol. The first kappa shape index (κ1) is 25.8. The fourth-order valence-corrected chi connectivity index (χ4v) is 8.47. The summed E-state index contributed by atoms with van der Waals surface area (Å²) in [7, 11) is 2.25. The van der Waals surface area contributed by atoms with Crippen molar-refractivity contribution in [3.63, 3.8) is 0 Å². The predicted molar refractivity (Wildman–Crippen MR) is 142 cm³/mol. The molecule has 0 saturated heterocycles. The molecule has 1 unspecified atom stereocenters. The summed E-state index contributed by atoms with van der Waals surface area (Å²) >= 11 is 0. The van der Waals surface area contributed by atoms with Crippen LogP contribution in [-0.4, -0.2) is 41.9 Å². The maximum absolute atomic E-state index is 14.0.